The van der Waals surface area contributed by atoms with E-state index in [1.54, 1.807) is 6.20 Å². The number of fused-ring (bicyclic) bond motifs is 1. The largest absolute Gasteiger partial charge is 0.341 e. The van der Waals surface area contributed by atoms with Crippen molar-refractivity contribution < 1.29 is 0 Å². The maximum atomic E-state index is 4.59. The first-order chi connectivity index (χ1) is 7.92. The number of aromatic amines is 1. The molecule has 1 aliphatic heterocycles. The third-order valence-electron chi connectivity index (χ3n) is 3.27. The Morgan fingerprint density at radius 2 is 2.19 bits per heavy atom. The molecule has 2 N–H and O–H groups in total. The molecule has 1 saturated heterocycles. The Morgan fingerprint density at radius 3 is 3.00 bits per heavy atom. The molecule has 3 heterocycles. The summed E-state index contributed by atoms with van der Waals surface area (Å²) in [6, 6.07) is 1.96. The summed E-state index contributed by atoms with van der Waals surface area (Å²) in [5, 5.41) is 3.39. The summed E-state index contributed by atoms with van der Waals surface area (Å²) in [7, 11) is 0. The molecule has 0 aromatic carbocycles. The second-order valence-corrected chi connectivity index (χ2v) is 4.47. The summed E-state index contributed by atoms with van der Waals surface area (Å²) in [6.45, 7) is 2.29. The highest BCUT2D eigenvalue weighted by Gasteiger charge is 2.15. The van der Waals surface area contributed by atoms with Gasteiger partial charge in [0.15, 0.2) is 0 Å². The molecule has 0 atom stereocenters. The number of nitrogens with one attached hydrogen (secondary N) is 2. The van der Waals surface area contributed by atoms with E-state index in [2.05, 4.69) is 20.3 Å². The lowest BCUT2D eigenvalue weighted by molar-refractivity contribution is 0.368. The van der Waals surface area contributed by atoms with Gasteiger partial charge in [-0.1, -0.05) is 0 Å². The van der Waals surface area contributed by atoms with Gasteiger partial charge in [0.1, 0.15) is 5.82 Å². The van der Waals surface area contributed by atoms with Crippen LogP contribution in [0.15, 0.2) is 18.5 Å². The molecule has 0 spiro atoms. The lowest BCUT2D eigenvalue weighted by Crippen LogP contribution is -2.28. The van der Waals surface area contributed by atoms with Crippen LogP contribution in [-0.2, 0) is 6.42 Å². The van der Waals surface area contributed by atoms with Gasteiger partial charge in [-0.2, -0.15) is 0 Å². The minimum Gasteiger partial charge on any atom is -0.341 e. The molecule has 0 unspecified atom stereocenters. The summed E-state index contributed by atoms with van der Waals surface area (Å²) in [4.78, 5) is 12.0. The van der Waals surface area contributed by atoms with Crippen molar-refractivity contribution in [3.8, 4) is 0 Å². The summed E-state index contributed by atoms with van der Waals surface area (Å²) in [5.74, 6) is 1.88. The van der Waals surface area contributed by atoms with E-state index in [0.29, 0.717) is 0 Å². The number of rotatable bonds is 2. The van der Waals surface area contributed by atoms with Crippen LogP contribution < -0.4 is 5.32 Å². The van der Waals surface area contributed by atoms with Gasteiger partial charge in [-0.3, -0.25) is 4.98 Å². The van der Waals surface area contributed by atoms with E-state index in [1.807, 2.05) is 12.3 Å². The molecule has 0 bridgehead atoms. The number of imidazole rings is 1. The highest BCUT2D eigenvalue weighted by Crippen LogP contribution is 2.18. The van der Waals surface area contributed by atoms with E-state index in [1.165, 1.54) is 12.8 Å². The standard InChI is InChI=1S/C12H16N4/c1-4-13-5-2-9(1)7-12-15-10-3-6-14-8-11(10)16-12/h3,6,8-9,13H,1-2,4-5,7H2,(H,15,16). The van der Waals surface area contributed by atoms with E-state index in [9.17, 15) is 0 Å². The number of nitrogens with zero attached hydrogens (tertiary/aromatic N) is 2. The Morgan fingerprint density at radius 1 is 1.31 bits per heavy atom. The SMILES string of the molecule is c1cc2nc(CC3CCNCC3)[nH]c2cn1. The van der Waals surface area contributed by atoms with Crippen molar-refractivity contribution >= 4 is 11.0 Å². The molecule has 0 saturated carbocycles. The van der Waals surface area contributed by atoms with Gasteiger partial charge in [-0.15, -0.1) is 0 Å². The highest BCUT2D eigenvalue weighted by molar-refractivity contribution is 5.73. The van der Waals surface area contributed by atoms with Crippen LogP contribution in [-0.4, -0.2) is 28.0 Å². The molecule has 84 valence electrons. The third kappa shape index (κ3) is 1.93. The predicted molar refractivity (Wildman–Crippen MR) is 63.2 cm³/mol. The predicted octanol–water partition coefficient (Wildman–Crippen LogP) is 1.50. The molecule has 4 nitrogen and oxygen atoms in total. The topological polar surface area (TPSA) is 53.6 Å². The van der Waals surface area contributed by atoms with Crippen molar-refractivity contribution in [1.82, 2.24) is 20.3 Å². The summed E-state index contributed by atoms with van der Waals surface area (Å²) in [6.07, 6.45) is 7.21. The Bertz CT molecular complexity index is 438. The first kappa shape index (κ1) is 9.78. The van der Waals surface area contributed by atoms with Crippen LogP contribution in [0.3, 0.4) is 0 Å². The quantitative estimate of drug-likeness (QED) is 0.800. The second-order valence-electron chi connectivity index (χ2n) is 4.47. The third-order valence-corrected chi connectivity index (χ3v) is 3.27. The van der Waals surface area contributed by atoms with Crippen LogP contribution in [0.25, 0.3) is 11.0 Å². The summed E-state index contributed by atoms with van der Waals surface area (Å²) < 4.78 is 0. The average molecular weight is 216 g/mol. The van der Waals surface area contributed by atoms with Crippen molar-refractivity contribution in [3.63, 3.8) is 0 Å². The molecule has 1 fully saturated rings. The number of aromatic nitrogens is 3. The average Bonchev–Trinajstić information content (AvgIpc) is 2.72. The second kappa shape index (κ2) is 4.22. The normalized spacial score (nSPS) is 18.0. The van der Waals surface area contributed by atoms with Gasteiger partial charge in [0.2, 0.25) is 0 Å². The number of hydrogen-bond donors (Lipinski definition) is 2. The van der Waals surface area contributed by atoms with Crippen molar-refractivity contribution in [1.29, 1.82) is 0 Å². The van der Waals surface area contributed by atoms with E-state index >= 15 is 0 Å². The zero-order valence-corrected chi connectivity index (χ0v) is 9.24. The number of H-pyrrole nitrogens is 1. The molecule has 2 aromatic heterocycles. The maximum Gasteiger partial charge on any atom is 0.107 e. The summed E-state index contributed by atoms with van der Waals surface area (Å²) in [5.41, 5.74) is 2.07. The molecule has 0 aliphatic carbocycles. The van der Waals surface area contributed by atoms with Gasteiger partial charge < -0.3 is 10.3 Å². The fourth-order valence-electron chi connectivity index (χ4n) is 2.37. The van der Waals surface area contributed by atoms with Gasteiger partial charge in [0, 0.05) is 12.6 Å². The van der Waals surface area contributed by atoms with Crippen LogP contribution in [0.2, 0.25) is 0 Å². The fourth-order valence-corrected chi connectivity index (χ4v) is 2.37. The Kier molecular flexibility index (Phi) is 2.58. The molecule has 16 heavy (non-hydrogen) atoms. The Hall–Kier alpha value is -1.42. The molecule has 1 aliphatic rings. The smallest absolute Gasteiger partial charge is 0.107 e. The number of pyridine rings is 1. The van der Waals surface area contributed by atoms with Crippen molar-refractivity contribution in [2.75, 3.05) is 13.1 Å². The van der Waals surface area contributed by atoms with Gasteiger partial charge >= 0.3 is 0 Å². The lowest BCUT2D eigenvalue weighted by atomic mass is 9.94. The number of hydrogen-bond acceptors (Lipinski definition) is 3. The molecule has 2 aromatic rings. The van der Waals surface area contributed by atoms with Crippen LogP contribution in [0.1, 0.15) is 18.7 Å². The Labute approximate surface area is 94.5 Å². The van der Waals surface area contributed by atoms with Crippen molar-refractivity contribution in [2.45, 2.75) is 19.3 Å². The van der Waals surface area contributed by atoms with Gasteiger partial charge in [0.25, 0.3) is 0 Å². The van der Waals surface area contributed by atoms with Crippen LogP contribution in [0.4, 0.5) is 0 Å². The first-order valence-electron chi connectivity index (χ1n) is 5.91. The van der Waals surface area contributed by atoms with E-state index in [-0.39, 0.29) is 0 Å². The number of piperidine rings is 1. The zero-order chi connectivity index (χ0) is 10.8. The van der Waals surface area contributed by atoms with Crippen LogP contribution >= 0.6 is 0 Å². The monoisotopic (exact) mass is 216 g/mol. The highest BCUT2D eigenvalue weighted by atomic mass is 14.9. The molecule has 3 rings (SSSR count). The van der Waals surface area contributed by atoms with Gasteiger partial charge in [-0.25, -0.2) is 4.98 Å². The van der Waals surface area contributed by atoms with E-state index < -0.39 is 0 Å². The van der Waals surface area contributed by atoms with E-state index in [0.717, 1.165) is 42.3 Å². The van der Waals surface area contributed by atoms with E-state index in [4.69, 9.17) is 0 Å². The molecule has 0 radical (unpaired) electrons. The van der Waals surface area contributed by atoms with Crippen molar-refractivity contribution in [2.24, 2.45) is 5.92 Å². The minimum atomic E-state index is 0.773. The molecular formula is C12H16N4. The zero-order valence-electron chi connectivity index (χ0n) is 9.24. The first-order valence-corrected chi connectivity index (χ1v) is 5.91. The fraction of sp³-hybridized carbons (Fsp3) is 0.500. The summed E-state index contributed by atoms with van der Waals surface area (Å²) >= 11 is 0. The minimum absolute atomic E-state index is 0.773. The molecular weight excluding hydrogens is 200 g/mol. The van der Waals surface area contributed by atoms with Crippen molar-refractivity contribution in [3.05, 3.63) is 24.3 Å². The molecule has 0 amide bonds. The van der Waals surface area contributed by atoms with Gasteiger partial charge in [-0.05, 0) is 37.9 Å². The maximum absolute atomic E-state index is 4.59. The van der Waals surface area contributed by atoms with Crippen LogP contribution in [0.5, 0.6) is 0 Å². The Balaban J connectivity index is 1.78. The lowest BCUT2D eigenvalue weighted by Gasteiger charge is -2.21. The van der Waals surface area contributed by atoms with Crippen LogP contribution in [0, 0.1) is 5.92 Å². The van der Waals surface area contributed by atoms with Gasteiger partial charge in [0.05, 0.1) is 17.2 Å². The molecule has 4 heteroatoms.